The maximum Gasteiger partial charge on any atom is 0.124 e. The zero-order valence-electron chi connectivity index (χ0n) is 12.5. The van der Waals surface area contributed by atoms with Gasteiger partial charge >= 0.3 is 0 Å². The summed E-state index contributed by atoms with van der Waals surface area (Å²) >= 11 is 0. The predicted molar refractivity (Wildman–Crippen MR) is 80.3 cm³/mol. The van der Waals surface area contributed by atoms with Gasteiger partial charge in [-0.2, -0.15) is 0 Å². The van der Waals surface area contributed by atoms with Crippen molar-refractivity contribution < 1.29 is 14.6 Å². The topological polar surface area (TPSA) is 45.2 Å². The molecule has 2 aliphatic heterocycles. The average Bonchev–Trinajstić information content (AvgIpc) is 2.53. The number of aromatic hydroxyl groups is 1. The second-order valence-electron chi connectivity index (χ2n) is 5.70. The van der Waals surface area contributed by atoms with Crippen molar-refractivity contribution >= 4 is 0 Å². The maximum absolute atomic E-state index is 10.5. The molecule has 0 radical (unpaired) electrons. The molecule has 21 heavy (non-hydrogen) atoms. The van der Waals surface area contributed by atoms with Crippen LogP contribution in [0.3, 0.4) is 0 Å². The van der Waals surface area contributed by atoms with Gasteiger partial charge in [0.1, 0.15) is 5.75 Å². The van der Waals surface area contributed by atoms with Gasteiger partial charge in [0.25, 0.3) is 0 Å². The van der Waals surface area contributed by atoms with Gasteiger partial charge in [0.05, 0.1) is 26.4 Å². The summed E-state index contributed by atoms with van der Waals surface area (Å²) in [7, 11) is 0. The lowest BCUT2D eigenvalue weighted by Crippen LogP contribution is -2.36. The summed E-state index contributed by atoms with van der Waals surface area (Å²) in [6.07, 6.45) is 0. The first-order valence-corrected chi connectivity index (χ1v) is 7.73. The van der Waals surface area contributed by atoms with Crippen LogP contribution in [0, 0.1) is 0 Å². The van der Waals surface area contributed by atoms with E-state index in [2.05, 4.69) is 9.80 Å². The van der Waals surface area contributed by atoms with Gasteiger partial charge in [-0.05, 0) is 0 Å². The van der Waals surface area contributed by atoms with Crippen molar-refractivity contribution in [3.63, 3.8) is 0 Å². The summed E-state index contributed by atoms with van der Waals surface area (Å²) in [4.78, 5) is 4.66. The Labute approximate surface area is 126 Å². The minimum absolute atomic E-state index is 0.454. The van der Waals surface area contributed by atoms with E-state index in [1.165, 1.54) is 0 Å². The number of morpholine rings is 2. The second kappa shape index (κ2) is 7.22. The number of phenolic OH excluding ortho intramolecular Hbond substituents is 1. The molecule has 0 aliphatic carbocycles. The minimum Gasteiger partial charge on any atom is -0.507 e. The summed E-state index contributed by atoms with van der Waals surface area (Å²) in [6.45, 7) is 8.49. The van der Waals surface area contributed by atoms with Gasteiger partial charge in [-0.15, -0.1) is 0 Å². The Hall–Kier alpha value is -1.14. The Morgan fingerprint density at radius 1 is 0.810 bits per heavy atom. The van der Waals surface area contributed by atoms with Gasteiger partial charge in [-0.1, -0.05) is 18.2 Å². The molecule has 1 N–H and O–H groups in total. The second-order valence-corrected chi connectivity index (χ2v) is 5.70. The van der Waals surface area contributed by atoms with Crippen molar-refractivity contribution in [1.29, 1.82) is 0 Å². The highest BCUT2D eigenvalue weighted by Gasteiger charge is 2.17. The maximum atomic E-state index is 10.5. The smallest absolute Gasteiger partial charge is 0.124 e. The molecule has 0 bridgehead atoms. The molecular formula is C16H24N2O3. The molecule has 0 atom stereocenters. The quantitative estimate of drug-likeness (QED) is 0.899. The first kappa shape index (κ1) is 14.8. The molecule has 2 saturated heterocycles. The Bertz CT molecular complexity index is 417. The van der Waals surface area contributed by atoms with Crippen LogP contribution in [0.25, 0.3) is 0 Å². The van der Waals surface area contributed by atoms with Gasteiger partial charge < -0.3 is 14.6 Å². The van der Waals surface area contributed by atoms with Crippen molar-refractivity contribution in [3.05, 3.63) is 29.3 Å². The van der Waals surface area contributed by atoms with E-state index in [0.717, 1.165) is 76.8 Å². The molecule has 2 heterocycles. The van der Waals surface area contributed by atoms with Gasteiger partial charge in [-0.25, -0.2) is 0 Å². The summed E-state index contributed by atoms with van der Waals surface area (Å²) in [5, 5.41) is 10.5. The molecule has 2 aliphatic rings. The Morgan fingerprint density at radius 3 is 1.67 bits per heavy atom. The average molecular weight is 292 g/mol. The summed E-state index contributed by atoms with van der Waals surface area (Å²) < 4.78 is 10.7. The molecule has 5 nitrogen and oxygen atoms in total. The van der Waals surface area contributed by atoms with Crippen molar-refractivity contribution in [1.82, 2.24) is 9.80 Å². The number of nitrogens with zero attached hydrogens (tertiary/aromatic N) is 2. The normalized spacial score (nSPS) is 21.5. The van der Waals surface area contributed by atoms with Crippen molar-refractivity contribution in [2.45, 2.75) is 13.1 Å². The lowest BCUT2D eigenvalue weighted by atomic mass is 10.1. The number of rotatable bonds is 4. The van der Waals surface area contributed by atoms with E-state index in [9.17, 15) is 5.11 Å². The Kier molecular flexibility index (Phi) is 5.08. The molecule has 116 valence electrons. The third kappa shape index (κ3) is 3.95. The van der Waals surface area contributed by atoms with Crippen LogP contribution in [0.2, 0.25) is 0 Å². The van der Waals surface area contributed by atoms with E-state index in [-0.39, 0.29) is 0 Å². The zero-order chi connectivity index (χ0) is 14.5. The SMILES string of the molecule is Oc1c(CN2CCOCC2)cccc1CN1CCOCC1. The molecule has 0 amide bonds. The Morgan fingerprint density at radius 2 is 1.24 bits per heavy atom. The van der Waals surface area contributed by atoms with Crippen LogP contribution < -0.4 is 0 Å². The fourth-order valence-corrected chi connectivity index (χ4v) is 2.90. The van der Waals surface area contributed by atoms with E-state index >= 15 is 0 Å². The van der Waals surface area contributed by atoms with Gasteiger partial charge in [-0.3, -0.25) is 9.80 Å². The first-order valence-electron chi connectivity index (χ1n) is 7.73. The highest BCUT2D eigenvalue weighted by molar-refractivity contribution is 5.40. The summed E-state index contributed by atoms with van der Waals surface area (Å²) in [5.74, 6) is 0.454. The first-order chi connectivity index (χ1) is 10.3. The number of benzene rings is 1. The fourth-order valence-electron chi connectivity index (χ4n) is 2.90. The zero-order valence-corrected chi connectivity index (χ0v) is 12.5. The largest absolute Gasteiger partial charge is 0.507 e. The monoisotopic (exact) mass is 292 g/mol. The van der Waals surface area contributed by atoms with Crippen LogP contribution in [0.1, 0.15) is 11.1 Å². The van der Waals surface area contributed by atoms with Crippen molar-refractivity contribution in [3.8, 4) is 5.75 Å². The fraction of sp³-hybridized carbons (Fsp3) is 0.625. The van der Waals surface area contributed by atoms with Crippen LogP contribution in [0.4, 0.5) is 0 Å². The molecule has 1 aromatic carbocycles. The molecule has 0 spiro atoms. The van der Waals surface area contributed by atoms with E-state index in [4.69, 9.17) is 9.47 Å². The number of ether oxygens (including phenoxy) is 2. The third-order valence-corrected chi connectivity index (χ3v) is 4.20. The van der Waals surface area contributed by atoms with E-state index in [0.29, 0.717) is 5.75 Å². The lowest BCUT2D eigenvalue weighted by Gasteiger charge is -2.28. The molecular weight excluding hydrogens is 268 g/mol. The highest BCUT2D eigenvalue weighted by atomic mass is 16.5. The number of para-hydroxylation sites is 1. The number of phenols is 1. The molecule has 2 fully saturated rings. The summed E-state index contributed by atoms with van der Waals surface area (Å²) in [5.41, 5.74) is 2.03. The van der Waals surface area contributed by atoms with Crippen LogP contribution in [-0.2, 0) is 22.6 Å². The van der Waals surface area contributed by atoms with E-state index in [1.807, 2.05) is 18.2 Å². The third-order valence-electron chi connectivity index (χ3n) is 4.20. The molecule has 0 saturated carbocycles. The Balaban J connectivity index is 1.65. The molecule has 3 rings (SSSR count). The van der Waals surface area contributed by atoms with Crippen LogP contribution in [0.5, 0.6) is 5.75 Å². The number of hydrogen-bond acceptors (Lipinski definition) is 5. The van der Waals surface area contributed by atoms with Gasteiger partial charge in [0.2, 0.25) is 0 Å². The van der Waals surface area contributed by atoms with Crippen molar-refractivity contribution in [2.75, 3.05) is 52.6 Å². The van der Waals surface area contributed by atoms with Gasteiger partial charge in [0.15, 0.2) is 0 Å². The highest BCUT2D eigenvalue weighted by Crippen LogP contribution is 2.25. The standard InChI is InChI=1S/C16H24N2O3/c19-16-14(12-17-4-8-20-9-5-17)2-1-3-15(16)13-18-6-10-21-11-7-18/h1-3,19H,4-13H2. The summed E-state index contributed by atoms with van der Waals surface area (Å²) in [6, 6.07) is 6.09. The molecule has 0 unspecified atom stereocenters. The predicted octanol–water partition coefficient (Wildman–Crippen LogP) is 1.06. The van der Waals surface area contributed by atoms with Gasteiger partial charge in [0, 0.05) is 50.4 Å². The molecule has 5 heteroatoms. The van der Waals surface area contributed by atoms with Crippen LogP contribution in [-0.4, -0.2) is 67.5 Å². The van der Waals surface area contributed by atoms with E-state index in [1.54, 1.807) is 0 Å². The van der Waals surface area contributed by atoms with Crippen LogP contribution in [0.15, 0.2) is 18.2 Å². The molecule has 0 aromatic heterocycles. The lowest BCUT2D eigenvalue weighted by molar-refractivity contribution is 0.0327. The van der Waals surface area contributed by atoms with E-state index < -0.39 is 0 Å². The molecule has 1 aromatic rings. The van der Waals surface area contributed by atoms with Crippen molar-refractivity contribution in [2.24, 2.45) is 0 Å². The van der Waals surface area contributed by atoms with Crippen LogP contribution >= 0.6 is 0 Å². The minimum atomic E-state index is 0.454. The number of hydrogen-bond donors (Lipinski definition) is 1.